The molecule has 120 valence electrons. The molecule has 2 fully saturated rings. The van der Waals surface area contributed by atoms with Crippen LogP contribution in [0.5, 0.6) is 5.75 Å². The van der Waals surface area contributed by atoms with E-state index in [4.69, 9.17) is 4.74 Å². The van der Waals surface area contributed by atoms with Crippen molar-refractivity contribution in [2.75, 3.05) is 31.6 Å². The summed E-state index contributed by atoms with van der Waals surface area (Å²) < 4.78 is 5.77. The van der Waals surface area contributed by atoms with Crippen LogP contribution in [0, 0.1) is 11.8 Å². The molecule has 1 saturated heterocycles. The van der Waals surface area contributed by atoms with Gasteiger partial charge in [0.05, 0.1) is 12.7 Å². The van der Waals surface area contributed by atoms with Gasteiger partial charge in [-0.05, 0) is 24.8 Å². The van der Waals surface area contributed by atoms with Gasteiger partial charge in [0.2, 0.25) is 5.91 Å². The van der Waals surface area contributed by atoms with Gasteiger partial charge in [-0.15, -0.1) is 0 Å². The molecule has 2 atom stereocenters. The molecule has 0 spiro atoms. The summed E-state index contributed by atoms with van der Waals surface area (Å²) in [6.07, 6.45) is 4.09. The number of hydrogen-bond acceptors (Lipinski definition) is 5. The van der Waals surface area contributed by atoms with E-state index < -0.39 is 6.10 Å². The minimum absolute atomic E-state index is 0.0413. The zero-order valence-electron chi connectivity index (χ0n) is 12.9. The van der Waals surface area contributed by atoms with E-state index >= 15 is 0 Å². The fraction of sp³-hybridized carbons (Fsp3) is 0.625. The van der Waals surface area contributed by atoms with Gasteiger partial charge in [0.1, 0.15) is 11.6 Å². The number of β-amino-alcohol motifs (C(OH)–C–C–N with tert-alkyl or cyclic N) is 1. The number of nitrogens with zero attached hydrogens (tertiary/aromatic N) is 2. The summed E-state index contributed by atoms with van der Waals surface area (Å²) >= 11 is 0. The lowest BCUT2D eigenvalue weighted by atomic mass is 10.0. The van der Waals surface area contributed by atoms with Crippen molar-refractivity contribution < 1.29 is 14.6 Å². The monoisotopic (exact) mass is 305 g/mol. The third-order valence-corrected chi connectivity index (χ3v) is 4.36. The molecule has 0 radical (unpaired) electrons. The number of rotatable bonds is 6. The Morgan fingerprint density at radius 1 is 1.50 bits per heavy atom. The number of amides is 1. The largest absolute Gasteiger partial charge is 0.493 e. The average molecular weight is 305 g/mol. The summed E-state index contributed by atoms with van der Waals surface area (Å²) in [6.45, 7) is 1.90. The molecule has 1 aliphatic heterocycles. The highest BCUT2D eigenvalue weighted by molar-refractivity contribution is 5.76. The lowest BCUT2D eigenvalue weighted by Crippen LogP contribution is -2.27. The highest BCUT2D eigenvalue weighted by Crippen LogP contribution is 2.31. The summed E-state index contributed by atoms with van der Waals surface area (Å²) in [5.41, 5.74) is 0. The van der Waals surface area contributed by atoms with E-state index in [2.05, 4.69) is 10.3 Å². The fourth-order valence-electron chi connectivity index (χ4n) is 2.74. The first-order valence-corrected chi connectivity index (χ1v) is 7.88. The van der Waals surface area contributed by atoms with E-state index in [0.717, 1.165) is 18.2 Å². The molecule has 22 heavy (non-hydrogen) atoms. The third kappa shape index (κ3) is 3.68. The Morgan fingerprint density at radius 2 is 2.32 bits per heavy atom. The maximum absolute atomic E-state index is 11.5. The van der Waals surface area contributed by atoms with E-state index in [9.17, 15) is 9.90 Å². The van der Waals surface area contributed by atoms with Gasteiger partial charge in [0.25, 0.3) is 0 Å². The molecule has 2 N–H and O–H groups in total. The summed E-state index contributed by atoms with van der Waals surface area (Å²) in [7, 11) is 1.61. The maximum Gasteiger partial charge on any atom is 0.220 e. The second-order valence-corrected chi connectivity index (χ2v) is 6.21. The van der Waals surface area contributed by atoms with Crippen LogP contribution in [0.2, 0.25) is 0 Å². The number of aromatic nitrogens is 1. The first kappa shape index (κ1) is 15.1. The van der Waals surface area contributed by atoms with Crippen molar-refractivity contribution in [3.63, 3.8) is 0 Å². The van der Waals surface area contributed by atoms with Gasteiger partial charge in [-0.2, -0.15) is 0 Å². The van der Waals surface area contributed by atoms with Crippen LogP contribution in [0.4, 0.5) is 5.82 Å². The molecule has 2 aliphatic rings. The first-order chi connectivity index (χ1) is 10.7. The van der Waals surface area contributed by atoms with Crippen LogP contribution < -0.4 is 15.0 Å². The van der Waals surface area contributed by atoms with E-state index in [1.54, 1.807) is 13.2 Å². The van der Waals surface area contributed by atoms with Crippen molar-refractivity contribution in [3.05, 3.63) is 18.3 Å². The zero-order valence-corrected chi connectivity index (χ0v) is 12.9. The molecule has 3 rings (SSSR count). The number of pyridine rings is 1. The Hall–Kier alpha value is -1.82. The minimum atomic E-state index is -0.505. The van der Waals surface area contributed by atoms with E-state index in [1.807, 2.05) is 17.0 Å². The van der Waals surface area contributed by atoms with Crippen LogP contribution in [0.1, 0.15) is 19.3 Å². The number of carbonyl (C=O) groups is 1. The van der Waals surface area contributed by atoms with Crippen LogP contribution >= 0.6 is 0 Å². The number of nitrogens with one attached hydrogen (secondary N) is 1. The number of aliphatic hydroxyl groups excluding tert-OH is 1. The lowest BCUT2D eigenvalue weighted by molar-refractivity contribution is -0.122. The van der Waals surface area contributed by atoms with Gasteiger partial charge in [-0.1, -0.05) is 0 Å². The smallest absolute Gasteiger partial charge is 0.220 e. The summed E-state index contributed by atoms with van der Waals surface area (Å²) in [6, 6.07) is 3.78. The Kier molecular flexibility index (Phi) is 4.47. The van der Waals surface area contributed by atoms with Crippen molar-refractivity contribution in [2.45, 2.75) is 25.4 Å². The number of hydrogen-bond donors (Lipinski definition) is 2. The van der Waals surface area contributed by atoms with Crippen molar-refractivity contribution in [1.29, 1.82) is 0 Å². The van der Waals surface area contributed by atoms with E-state index in [1.165, 1.54) is 12.8 Å². The highest BCUT2D eigenvalue weighted by atomic mass is 16.5. The Balaban J connectivity index is 1.61. The summed E-state index contributed by atoms with van der Waals surface area (Å²) in [5.74, 6) is 2.23. The molecule has 2 heterocycles. The quantitative estimate of drug-likeness (QED) is 0.813. The third-order valence-electron chi connectivity index (χ3n) is 4.36. The van der Waals surface area contributed by atoms with Crippen molar-refractivity contribution in [1.82, 2.24) is 10.3 Å². The normalized spacial score (nSPS) is 24.4. The SMILES string of the molecule is CNC(=O)C[C@@H]1CN(c2cc(OCC3CC3)ccn2)C[C@H]1O. The Bertz CT molecular complexity index is 533. The number of ether oxygens (including phenoxy) is 1. The molecule has 6 nitrogen and oxygen atoms in total. The highest BCUT2D eigenvalue weighted by Gasteiger charge is 2.33. The fourth-order valence-corrected chi connectivity index (χ4v) is 2.74. The van der Waals surface area contributed by atoms with Gasteiger partial charge < -0.3 is 20.1 Å². The van der Waals surface area contributed by atoms with Gasteiger partial charge in [-0.25, -0.2) is 4.98 Å². The molecule has 1 aromatic heterocycles. The summed E-state index contributed by atoms with van der Waals surface area (Å²) in [4.78, 5) is 17.9. The van der Waals surface area contributed by atoms with Gasteiger partial charge >= 0.3 is 0 Å². The van der Waals surface area contributed by atoms with Crippen LogP contribution in [0.25, 0.3) is 0 Å². The molecular weight excluding hydrogens is 282 g/mol. The van der Waals surface area contributed by atoms with Gasteiger partial charge in [-0.3, -0.25) is 4.79 Å². The molecule has 1 aromatic rings. The Labute approximate surface area is 130 Å². The lowest BCUT2D eigenvalue weighted by Gasteiger charge is -2.17. The second-order valence-electron chi connectivity index (χ2n) is 6.21. The zero-order chi connectivity index (χ0) is 15.5. The van der Waals surface area contributed by atoms with Crippen molar-refractivity contribution in [3.8, 4) is 5.75 Å². The predicted molar refractivity (Wildman–Crippen MR) is 82.8 cm³/mol. The Morgan fingerprint density at radius 3 is 3.05 bits per heavy atom. The predicted octanol–water partition coefficient (Wildman–Crippen LogP) is 0.804. The maximum atomic E-state index is 11.5. The van der Waals surface area contributed by atoms with E-state index in [0.29, 0.717) is 25.4 Å². The summed E-state index contributed by atoms with van der Waals surface area (Å²) in [5, 5.41) is 12.7. The van der Waals surface area contributed by atoms with Crippen molar-refractivity contribution >= 4 is 11.7 Å². The van der Waals surface area contributed by atoms with Gasteiger partial charge in [0, 0.05) is 44.7 Å². The number of aliphatic hydroxyl groups is 1. The second kappa shape index (κ2) is 6.52. The molecule has 1 saturated carbocycles. The average Bonchev–Trinajstić information content (AvgIpc) is 3.29. The molecule has 0 bridgehead atoms. The van der Waals surface area contributed by atoms with Crippen LogP contribution in [0.3, 0.4) is 0 Å². The molecule has 6 heteroatoms. The molecule has 1 aliphatic carbocycles. The number of anilines is 1. The van der Waals surface area contributed by atoms with Crippen LogP contribution in [-0.2, 0) is 4.79 Å². The van der Waals surface area contributed by atoms with Crippen LogP contribution in [-0.4, -0.2) is 48.8 Å². The molecule has 0 unspecified atom stereocenters. The molecule has 0 aromatic carbocycles. The standard InChI is InChI=1S/C16H23N3O3/c1-17-16(21)6-12-8-19(9-14(12)20)15-7-13(4-5-18-15)22-10-11-2-3-11/h4-5,7,11-12,14,20H,2-3,6,8-10H2,1H3,(H,17,21)/t12-,14-/m1/s1. The topological polar surface area (TPSA) is 74.7 Å². The molecular formula is C16H23N3O3. The minimum Gasteiger partial charge on any atom is -0.493 e. The van der Waals surface area contributed by atoms with Crippen LogP contribution in [0.15, 0.2) is 18.3 Å². The van der Waals surface area contributed by atoms with Crippen molar-refractivity contribution in [2.24, 2.45) is 11.8 Å². The first-order valence-electron chi connectivity index (χ1n) is 7.88. The van der Waals surface area contributed by atoms with Gasteiger partial charge in [0.15, 0.2) is 0 Å². The van der Waals surface area contributed by atoms with E-state index in [-0.39, 0.29) is 11.8 Å². The molecule has 1 amide bonds. The number of carbonyl (C=O) groups excluding carboxylic acids is 1.